The Morgan fingerprint density at radius 2 is 0.694 bits per heavy atom. The molecular formula is C97H122FN9O17. The van der Waals surface area contributed by atoms with Crippen molar-refractivity contribution in [1.29, 1.82) is 0 Å². The van der Waals surface area contributed by atoms with Gasteiger partial charge in [0.1, 0.15) is 88.8 Å². The molecule has 26 nitrogen and oxygen atoms in total. The van der Waals surface area contributed by atoms with Gasteiger partial charge >= 0.3 is 0 Å². The predicted octanol–water partition coefficient (Wildman–Crippen LogP) is 11.0. The van der Waals surface area contributed by atoms with E-state index < -0.39 is 48.6 Å². The van der Waals surface area contributed by atoms with Gasteiger partial charge in [0.25, 0.3) is 0 Å². The maximum Gasteiger partial charge on any atom is 0.239 e. The topological polar surface area (TPSA) is 305 Å². The van der Waals surface area contributed by atoms with E-state index in [-0.39, 0.29) is 48.3 Å². The Morgan fingerprint density at radius 1 is 0.371 bits per heavy atom. The Bertz CT molecular complexity index is 4670. The van der Waals surface area contributed by atoms with Gasteiger partial charge in [0.05, 0.1) is 37.8 Å². The Labute approximate surface area is 726 Å². The highest BCUT2D eigenvalue weighted by atomic mass is 19.1. The number of fused-ring (bicyclic) bond motifs is 4. The molecule has 8 aromatic carbocycles. The molecule has 8 aliphatic heterocycles. The van der Waals surface area contributed by atoms with Crippen LogP contribution in [0, 0.1) is 5.82 Å². The third-order valence-electron chi connectivity index (χ3n) is 23.6. The summed E-state index contributed by atoms with van der Waals surface area (Å²) in [5.74, 6) is 5.45. The normalized spacial score (nSPS) is 18.1. The number of anilines is 1. The first kappa shape index (κ1) is 91.0. The van der Waals surface area contributed by atoms with Gasteiger partial charge in [-0.05, 0) is 240 Å². The number of halogens is 1. The van der Waals surface area contributed by atoms with Crippen LogP contribution in [0.25, 0.3) is 0 Å². The summed E-state index contributed by atoms with van der Waals surface area (Å²) in [6.45, 7) is 16.6. The van der Waals surface area contributed by atoms with Gasteiger partial charge in [-0.2, -0.15) is 0 Å². The first-order valence-corrected chi connectivity index (χ1v) is 44.1. The molecule has 4 fully saturated rings. The summed E-state index contributed by atoms with van der Waals surface area (Å²) in [5.41, 5.74) is 6.76. The summed E-state index contributed by atoms with van der Waals surface area (Å²) in [6, 6.07) is 53.8. The molecule has 4 amide bonds. The molecule has 0 radical (unpaired) electrons. The Kier molecular flexibility index (Phi) is 34.3. The number of methoxy groups -OCH3 is 1. The van der Waals surface area contributed by atoms with E-state index in [1.165, 1.54) is 12.1 Å². The molecule has 9 atom stereocenters. The molecule has 1 unspecified atom stereocenters. The average Bonchev–Trinajstić information content (AvgIpc) is 1.36. The van der Waals surface area contributed by atoms with Crippen LogP contribution in [0.4, 0.5) is 10.1 Å². The van der Waals surface area contributed by atoms with Crippen LogP contribution in [0.3, 0.4) is 0 Å². The molecule has 4 saturated heterocycles. The van der Waals surface area contributed by atoms with Gasteiger partial charge in [0.15, 0.2) is 46.0 Å². The van der Waals surface area contributed by atoms with Crippen LogP contribution in [0.5, 0.6) is 51.7 Å². The first-order chi connectivity index (χ1) is 60.5. The molecule has 0 aliphatic carbocycles. The van der Waals surface area contributed by atoms with Crippen molar-refractivity contribution < 1.29 is 86.6 Å². The summed E-state index contributed by atoms with van der Waals surface area (Å²) in [4.78, 5) is 60.2. The number of nitrogens with zero attached hydrogens (tertiary/aromatic N) is 4. The van der Waals surface area contributed by atoms with Gasteiger partial charge in [-0.15, -0.1) is 0 Å². The fraction of sp³-hybridized carbons (Fsp3) is 0.464. The van der Waals surface area contributed by atoms with Crippen LogP contribution in [0.1, 0.15) is 147 Å². The summed E-state index contributed by atoms with van der Waals surface area (Å²) in [6.07, 6.45) is 7.86. The van der Waals surface area contributed by atoms with Crippen LogP contribution in [-0.2, 0) is 32.0 Å². The molecule has 16 rings (SSSR count). The van der Waals surface area contributed by atoms with Crippen LogP contribution in [0.15, 0.2) is 182 Å². The minimum atomic E-state index is -0.869. The zero-order valence-corrected chi connectivity index (χ0v) is 71.3. The molecule has 0 aromatic heterocycles. The number of para-hydroxylation sites is 2. The Morgan fingerprint density at radius 3 is 1.06 bits per heavy atom. The quantitative estimate of drug-likeness (QED) is 0.0185. The van der Waals surface area contributed by atoms with Gasteiger partial charge in [-0.25, -0.2) is 4.39 Å². The van der Waals surface area contributed by atoms with Crippen LogP contribution >= 0.6 is 0 Å². The molecule has 8 heterocycles. The maximum absolute atomic E-state index is 13.1. The summed E-state index contributed by atoms with van der Waals surface area (Å²) in [7, 11) is 1.63. The fourth-order valence-corrected chi connectivity index (χ4v) is 16.8. The Balaban J connectivity index is 0.000000142. The molecular weight excluding hydrogens is 1580 g/mol. The van der Waals surface area contributed by atoms with Crippen molar-refractivity contribution in [3.63, 3.8) is 0 Å². The maximum atomic E-state index is 13.1. The van der Waals surface area contributed by atoms with Crippen LogP contribution in [0.2, 0.25) is 0 Å². The van der Waals surface area contributed by atoms with Crippen LogP contribution in [-0.4, -0.2) is 233 Å². The number of likely N-dealkylation sites (tertiary alicyclic amines) is 4. The largest absolute Gasteiger partial charge is 0.496 e. The second-order valence-electron chi connectivity index (χ2n) is 32.8. The molecule has 8 aromatic rings. The van der Waals surface area contributed by atoms with E-state index in [0.717, 1.165) is 137 Å². The van der Waals surface area contributed by atoms with Gasteiger partial charge in [-0.3, -0.25) is 19.2 Å². The second kappa shape index (κ2) is 46.8. The van der Waals surface area contributed by atoms with Crippen molar-refractivity contribution in [3.05, 3.63) is 227 Å². The average molecular weight is 1710 g/mol. The van der Waals surface area contributed by atoms with Crippen molar-refractivity contribution in [3.8, 4) is 51.7 Å². The number of carbonyl (C=O) groups is 4. The third-order valence-corrected chi connectivity index (χ3v) is 23.6. The second-order valence-corrected chi connectivity index (χ2v) is 32.8. The minimum Gasteiger partial charge on any atom is -0.496 e. The van der Waals surface area contributed by atoms with Crippen molar-refractivity contribution in [1.82, 2.24) is 40.9 Å². The number of aliphatic hydroxyl groups is 4. The number of benzene rings is 8. The zero-order valence-electron chi connectivity index (χ0n) is 71.3. The highest BCUT2D eigenvalue weighted by molar-refractivity contribution is 5.81. The molecule has 664 valence electrons. The molecule has 0 spiro atoms. The first-order valence-electron chi connectivity index (χ1n) is 44.1. The van der Waals surface area contributed by atoms with E-state index in [1.807, 2.05) is 146 Å². The minimum absolute atomic E-state index is 0.0443. The van der Waals surface area contributed by atoms with Crippen LogP contribution < -0.4 is 69.2 Å². The summed E-state index contributed by atoms with van der Waals surface area (Å²) in [5, 5.41) is 60.0. The summed E-state index contributed by atoms with van der Waals surface area (Å²) >= 11 is 0. The van der Waals surface area contributed by atoms with E-state index >= 15 is 0 Å². The number of aryl methyl sites for hydroxylation is 2. The smallest absolute Gasteiger partial charge is 0.239 e. The lowest BCUT2D eigenvalue weighted by Crippen LogP contribution is -2.48. The van der Waals surface area contributed by atoms with E-state index in [4.69, 9.17) is 42.6 Å². The lowest BCUT2D eigenvalue weighted by atomic mass is 9.96. The predicted molar refractivity (Wildman–Crippen MR) is 470 cm³/mol. The lowest BCUT2D eigenvalue weighted by molar-refractivity contribution is -0.123. The van der Waals surface area contributed by atoms with Gasteiger partial charge in [-0.1, -0.05) is 110 Å². The van der Waals surface area contributed by atoms with Crippen molar-refractivity contribution in [2.45, 2.75) is 145 Å². The van der Waals surface area contributed by atoms with E-state index in [2.05, 4.69) is 53.1 Å². The van der Waals surface area contributed by atoms with E-state index in [1.54, 1.807) is 31.4 Å². The van der Waals surface area contributed by atoms with Crippen molar-refractivity contribution in [2.75, 3.05) is 150 Å². The molecule has 124 heavy (non-hydrogen) atoms. The number of nitrogens with one attached hydrogen (secondary N) is 5. The fourth-order valence-electron chi connectivity index (χ4n) is 16.8. The number of ether oxygens (including phenoxy) is 9. The molecule has 9 N–H and O–H groups in total. The monoisotopic (exact) mass is 1700 g/mol. The van der Waals surface area contributed by atoms with Gasteiger partial charge < -0.3 is 109 Å². The SMILES string of the molecule is CC(CC(=O)N[C@H](CN1CCCC1)[C@H](O)c1ccc2c(c1)OCCO2)c1ccccc1.COc1ccccc1CCC(=O)N[C@H](CN1CCCC1)[C@H](O)c1ccc2c(c1)OCCO2.O=C(CCc1ccc(F)cc1)N[C@H](CN1CCCC1)[C@H](O)c1ccc2c(c1)OCCO2.O=C(CNc1ccccc1)N[C@H](CN1CCCC1)[C@H](O)c1ccc2c(c1)OCCO2. The molecule has 8 aliphatic rings. The highest BCUT2D eigenvalue weighted by Crippen LogP contribution is 2.39. The molecule has 0 bridgehead atoms. The number of aliphatic hydroxyl groups excluding tert-OH is 4. The van der Waals surface area contributed by atoms with Gasteiger partial charge in [0, 0.05) is 51.1 Å². The number of amides is 4. The van der Waals surface area contributed by atoms with Crippen molar-refractivity contribution in [2.24, 2.45) is 0 Å². The van der Waals surface area contributed by atoms with E-state index in [0.29, 0.717) is 167 Å². The molecule has 0 saturated carbocycles. The number of carbonyl (C=O) groups excluding carboxylic acids is 4. The standard InChI is InChI=1S/C25H32N2O5.C25H32N2O4.C24H29FN2O4.C23H29N3O4/c1-30-21-7-3-2-6-18(21)9-11-24(28)26-20(17-27-12-4-5-13-27)25(29)19-8-10-22-23(16-19)32-15-14-31-22;1-18(19-7-3-2-4-8-19)15-24(28)26-21(17-27-11-5-6-12-27)25(29)20-9-10-22-23(16-20)31-14-13-30-22;25-19-7-3-17(4-8-19)5-10-23(28)26-20(16-27-11-1-2-12-27)24(29)18-6-9-21-22(15-18)31-14-13-30-21;27-22(15-24-18-6-2-1-3-7-18)25-19(16-26-10-4-5-11-26)23(28)17-8-9-20-21(14-17)30-13-12-29-20/h2-3,6-8,10,16,20,25,29H,4-5,9,11-15,17H2,1H3,(H,26,28);2-4,7-10,16,18,21,25,29H,5-6,11-15,17H2,1H3,(H,26,28);3-4,6-9,15,20,24,29H,1-2,5,10-14,16H2,(H,26,28);1-3,6-9,14,19,23-24,28H,4-5,10-13,15-16H2,(H,25,27)/t20-,25-;18?,21-,25-;20-,24-;19-,23-/m1111/s1. The number of hydrogen-bond acceptors (Lipinski definition) is 22. The number of rotatable bonds is 33. The third kappa shape index (κ3) is 27.1. The molecule has 27 heteroatoms. The summed E-state index contributed by atoms with van der Waals surface area (Å²) < 4.78 is 63.4. The van der Waals surface area contributed by atoms with Crippen molar-refractivity contribution >= 4 is 29.3 Å². The number of hydrogen-bond donors (Lipinski definition) is 9. The Hall–Kier alpha value is -10.8. The zero-order chi connectivity index (χ0) is 86.4. The van der Waals surface area contributed by atoms with Gasteiger partial charge in [0.2, 0.25) is 23.6 Å². The van der Waals surface area contributed by atoms with E-state index in [9.17, 15) is 44.0 Å². The highest BCUT2D eigenvalue weighted by Gasteiger charge is 2.34. The lowest BCUT2D eigenvalue weighted by Gasteiger charge is -2.30.